The Kier molecular flexibility index (Phi) is 6.06. The zero-order valence-corrected chi connectivity index (χ0v) is 12.9. The predicted molar refractivity (Wildman–Crippen MR) is 75.9 cm³/mol. The number of methoxy groups -OCH3 is 3. The molecule has 1 aromatic rings. The zero-order valence-electron chi connectivity index (χ0n) is 12.9. The Morgan fingerprint density at radius 1 is 1.05 bits per heavy atom. The van der Waals surface area contributed by atoms with E-state index >= 15 is 0 Å². The molecule has 0 amide bonds. The van der Waals surface area contributed by atoms with E-state index in [1.165, 1.54) is 20.1 Å². The average molecular weight is 310 g/mol. The van der Waals surface area contributed by atoms with Crippen LogP contribution in [0, 0.1) is 0 Å². The van der Waals surface area contributed by atoms with Gasteiger partial charge < -0.3 is 19.3 Å². The van der Waals surface area contributed by atoms with Crippen LogP contribution in [-0.2, 0) is 32.0 Å². The molecule has 1 aromatic carbocycles. The largest absolute Gasteiger partial charge is 0.507 e. The van der Waals surface area contributed by atoms with Gasteiger partial charge >= 0.3 is 11.9 Å². The number of phenolic OH excluding ortho intramolecular Hbond substituents is 1. The molecular weight excluding hydrogens is 292 g/mol. The van der Waals surface area contributed by atoms with Gasteiger partial charge in [0.1, 0.15) is 17.1 Å². The molecule has 0 fully saturated rings. The summed E-state index contributed by atoms with van der Waals surface area (Å²) in [6.45, 7) is 1.41. The molecule has 0 aliphatic rings. The molecule has 0 aliphatic carbocycles. The minimum Gasteiger partial charge on any atom is -0.507 e. The van der Waals surface area contributed by atoms with E-state index in [4.69, 9.17) is 4.74 Å². The molecule has 0 saturated carbocycles. The van der Waals surface area contributed by atoms with E-state index in [0.717, 1.165) is 14.2 Å². The molecule has 7 heteroatoms. The van der Waals surface area contributed by atoms with E-state index in [1.54, 1.807) is 0 Å². The second-order valence-electron chi connectivity index (χ2n) is 4.58. The third kappa shape index (κ3) is 3.62. The number of rotatable bonds is 6. The molecule has 0 radical (unpaired) electrons. The summed E-state index contributed by atoms with van der Waals surface area (Å²) in [6, 6.07) is 1.28. The Hall–Kier alpha value is -2.41. The van der Waals surface area contributed by atoms with Crippen molar-refractivity contribution in [2.24, 2.45) is 0 Å². The molecule has 0 spiro atoms. The number of carbonyl (C=O) groups is 3. The van der Waals surface area contributed by atoms with Gasteiger partial charge in [0.05, 0.1) is 26.4 Å². The van der Waals surface area contributed by atoms with Crippen molar-refractivity contribution in [1.82, 2.24) is 0 Å². The average Bonchev–Trinajstić information content (AvgIpc) is 2.47. The fourth-order valence-electron chi connectivity index (χ4n) is 2.14. The van der Waals surface area contributed by atoms with Gasteiger partial charge in [0.15, 0.2) is 0 Å². The maximum absolute atomic E-state index is 12.1. The SMILES string of the molecule is COCc1cc(O)c(C(=O)OC)c(C(=O)OC)c1CC(C)=O. The lowest BCUT2D eigenvalue weighted by Crippen LogP contribution is -2.18. The first-order chi connectivity index (χ1) is 10.4. The van der Waals surface area contributed by atoms with Crippen molar-refractivity contribution in [3.8, 4) is 5.75 Å². The molecule has 0 saturated heterocycles. The summed E-state index contributed by atoms with van der Waals surface area (Å²) in [5, 5.41) is 10.1. The Morgan fingerprint density at radius 3 is 2.05 bits per heavy atom. The highest BCUT2D eigenvalue weighted by molar-refractivity contribution is 6.07. The summed E-state index contributed by atoms with van der Waals surface area (Å²) >= 11 is 0. The van der Waals surface area contributed by atoms with Crippen LogP contribution in [0.15, 0.2) is 6.07 Å². The molecule has 1 N–H and O–H groups in total. The molecule has 22 heavy (non-hydrogen) atoms. The van der Waals surface area contributed by atoms with Gasteiger partial charge in [0.25, 0.3) is 0 Å². The van der Waals surface area contributed by atoms with Crippen LogP contribution in [0.3, 0.4) is 0 Å². The summed E-state index contributed by atoms with van der Waals surface area (Å²) in [5.74, 6) is -2.40. The zero-order chi connectivity index (χ0) is 16.9. The van der Waals surface area contributed by atoms with Crippen LogP contribution < -0.4 is 0 Å². The molecule has 0 aliphatic heterocycles. The van der Waals surface area contributed by atoms with Crippen LogP contribution in [0.5, 0.6) is 5.75 Å². The lowest BCUT2D eigenvalue weighted by Gasteiger charge is -2.17. The fourth-order valence-corrected chi connectivity index (χ4v) is 2.14. The van der Waals surface area contributed by atoms with Crippen LogP contribution in [0.25, 0.3) is 0 Å². The van der Waals surface area contributed by atoms with E-state index in [0.29, 0.717) is 5.56 Å². The standard InChI is InChI=1S/C15H18O7/c1-8(16)5-10-9(7-20-2)6-11(17)13(15(19)22-4)12(10)14(18)21-3/h6,17H,5,7H2,1-4H3. The van der Waals surface area contributed by atoms with Gasteiger partial charge in [0, 0.05) is 13.5 Å². The minimum absolute atomic E-state index is 0.0572. The van der Waals surface area contributed by atoms with Gasteiger partial charge in [0.2, 0.25) is 0 Å². The summed E-state index contributed by atoms with van der Waals surface area (Å²) in [6.07, 6.45) is -0.104. The summed E-state index contributed by atoms with van der Waals surface area (Å²) in [5.41, 5.74) is 0.185. The highest BCUT2D eigenvalue weighted by Gasteiger charge is 2.29. The number of ether oxygens (including phenoxy) is 3. The molecule has 0 heterocycles. The topological polar surface area (TPSA) is 99.1 Å². The number of ketones is 1. The smallest absolute Gasteiger partial charge is 0.342 e. The Morgan fingerprint density at radius 2 is 1.59 bits per heavy atom. The van der Waals surface area contributed by atoms with E-state index < -0.39 is 17.7 Å². The van der Waals surface area contributed by atoms with E-state index in [-0.39, 0.29) is 35.5 Å². The van der Waals surface area contributed by atoms with Crippen molar-refractivity contribution in [3.63, 3.8) is 0 Å². The molecule has 1 rings (SSSR count). The normalized spacial score (nSPS) is 10.2. The van der Waals surface area contributed by atoms with E-state index in [9.17, 15) is 19.5 Å². The van der Waals surface area contributed by atoms with Crippen molar-refractivity contribution in [2.45, 2.75) is 20.0 Å². The number of hydrogen-bond donors (Lipinski definition) is 1. The van der Waals surface area contributed by atoms with Crippen molar-refractivity contribution in [3.05, 3.63) is 28.3 Å². The van der Waals surface area contributed by atoms with Crippen molar-refractivity contribution in [1.29, 1.82) is 0 Å². The second-order valence-corrected chi connectivity index (χ2v) is 4.58. The first-order valence-corrected chi connectivity index (χ1v) is 6.40. The highest BCUT2D eigenvalue weighted by atomic mass is 16.5. The number of esters is 2. The predicted octanol–water partition coefficient (Wildman–Crippen LogP) is 1.24. The van der Waals surface area contributed by atoms with Crippen LogP contribution in [0.4, 0.5) is 0 Å². The third-order valence-corrected chi connectivity index (χ3v) is 3.01. The van der Waals surface area contributed by atoms with E-state index in [1.807, 2.05) is 0 Å². The van der Waals surface area contributed by atoms with Gasteiger partial charge in [-0.1, -0.05) is 0 Å². The van der Waals surface area contributed by atoms with Gasteiger partial charge in [-0.2, -0.15) is 0 Å². The summed E-state index contributed by atoms with van der Waals surface area (Å²) in [4.78, 5) is 35.4. The maximum Gasteiger partial charge on any atom is 0.342 e. The number of aromatic hydroxyl groups is 1. The second kappa shape index (κ2) is 7.56. The molecule has 0 bridgehead atoms. The molecule has 0 unspecified atom stereocenters. The quantitative estimate of drug-likeness (QED) is 0.789. The molecule has 0 atom stereocenters. The van der Waals surface area contributed by atoms with Gasteiger partial charge in [-0.3, -0.25) is 4.79 Å². The summed E-state index contributed by atoms with van der Waals surface area (Å²) < 4.78 is 14.3. The molecule has 0 aromatic heterocycles. The molecule has 7 nitrogen and oxygen atoms in total. The van der Waals surface area contributed by atoms with Gasteiger partial charge in [-0.05, 0) is 24.1 Å². The van der Waals surface area contributed by atoms with E-state index in [2.05, 4.69) is 9.47 Å². The van der Waals surface area contributed by atoms with Crippen LogP contribution in [0.2, 0.25) is 0 Å². The Bertz CT molecular complexity index is 604. The summed E-state index contributed by atoms with van der Waals surface area (Å²) in [7, 11) is 3.69. The number of phenols is 1. The number of Topliss-reactive ketones (excluding diaryl/α,β-unsaturated/α-hetero) is 1. The van der Waals surface area contributed by atoms with Gasteiger partial charge in [-0.25, -0.2) is 9.59 Å². The first kappa shape index (κ1) is 17.6. The minimum atomic E-state index is -0.897. The van der Waals surface area contributed by atoms with Gasteiger partial charge in [-0.15, -0.1) is 0 Å². The highest BCUT2D eigenvalue weighted by Crippen LogP contribution is 2.31. The fraction of sp³-hybridized carbons (Fsp3) is 0.400. The number of benzene rings is 1. The van der Waals surface area contributed by atoms with Crippen LogP contribution >= 0.6 is 0 Å². The monoisotopic (exact) mass is 310 g/mol. The lowest BCUT2D eigenvalue weighted by atomic mass is 9.91. The molecule has 120 valence electrons. The Balaban J connectivity index is 3.75. The van der Waals surface area contributed by atoms with Crippen molar-refractivity contribution in [2.75, 3.05) is 21.3 Å². The number of carbonyl (C=O) groups excluding carboxylic acids is 3. The Labute approximate surface area is 127 Å². The number of hydrogen-bond acceptors (Lipinski definition) is 7. The molecular formula is C15H18O7. The van der Waals surface area contributed by atoms with Crippen molar-refractivity contribution < 1.29 is 33.7 Å². The lowest BCUT2D eigenvalue weighted by molar-refractivity contribution is -0.116. The van der Waals surface area contributed by atoms with Crippen molar-refractivity contribution >= 4 is 17.7 Å². The van der Waals surface area contributed by atoms with Crippen LogP contribution in [0.1, 0.15) is 38.8 Å². The first-order valence-electron chi connectivity index (χ1n) is 6.40. The third-order valence-electron chi connectivity index (χ3n) is 3.01. The maximum atomic E-state index is 12.1. The van der Waals surface area contributed by atoms with Crippen LogP contribution in [-0.4, -0.2) is 44.2 Å².